The van der Waals surface area contributed by atoms with Gasteiger partial charge in [-0.25, -0.2) is 4.39 Å². The number of fused-ring (bicyclic) bond motifs is 1. The van der Waals surface area contributed by atoms with Crippen LogP contribution in [0.1, 0.15) is 21.0 Å². The summed E-state index contributed by atoms with van der Waals surface area (Å²) in [7, 11) is 0. The molecular weight excluding hydrogens is 339 g/mol. The third-order valence-corrected chi connectivity index (χ3v) is 4.49. The minimum Gasteiger partial charge on any atom is -1.00 e. The summed E-state index contributed by atoms with van der Waals surface area (Å²) < 4.78 is 15.4. The summed E-state index contributed by atoms with van der Waals surface area (Å²) in [5.74, 6) is -0.241. The highest BCUT2D eigenvalue weighted by molar-refractivity contribution is 5.82. The molecule has 1 aromatic carbocycles. The van der Waals surface area contributed by atoms with E-state index in [2.05, 4.69) is 28.8 Å². The van der Waals surface area contributed by atoms with Crippen molar-refractivity contribution in [3.8, 4) is 22.4 Å². The van der Waals surface area contributed by atoms with Gasteiger partial charge in [-0.3, -0.25) is 9.67 Å². The molecule has 1 N–H and O–H groups in total. The van der Waals surface area contributed by atoms with E-state index in [1.165, 1.54) is 12.1 Å². The molecule has 0 saturated heterocycles. The summed E-state index contributed by atoms with van der Waals surface area (Å²) in [6.07, 6.45) is 3.57. The average molecular weight is 359 g/mol. The van der Waals surface area contributed by atoms with Gasteiger partial charge in [0, 0.05) is 36.6 Å². The monoisotopic (exact) mass is 358 g/mol. The number of aromatic nitrogens is 3. The molecule has 0 saturated carbocycles. The van der Waals surface area contributed by atoms with Crippen LogP contribution < -0.4 is 17.7 Å². The average Bonchev–Trinajstić information content (AvgIpc) is 2.97. The quantitative estimate of drug-likeness (QED) is 0.733. The molecule has 130 valence electrons. The second-order valence-corrected chi connectivity index (χ2v) is 6.74. The Morgan fingerprint density at radius 3 is 2.44 bits per heavy atom. The lowest BCUT2D eigenvalue weighted by Gasteiger charge is -2.32. The molecule has 4 rings (SSSR count). The van der Waals surface area contributed by atoms with E-state index in [0.717, 1.165) is 41.2 Å². The zero-order valence-corrected chi connectivity index (χ0v) is 14.9. The smallest absolute Gasteiger partial charge is 1.00 e. The normalized spacial score (nSPS) is 15.3. The molecule has 0 fully saturated rings. The molecule has 2 aromatic heterocycles. The first-order chi connectivity index (χ1) is 11.6. The number of benzene rings is 1. The van der Waals surface area contributed by atoms with Crippen LogP contribution >= 0.6 is 0 Å². The molecule has 3 aromatic rings. The van der Waals surface area contributed by atoms with Gasteiger partial charge in [0.25, 0.3) is 0 Å². The van der Waals surface area contributed by atoms with Crippen LogP contribution in [0.3, 0.4) is 0 Å². The van der Waals surface area contributed by atoms with Gasteiger partial charge < -0.3 is 17.7 Å². The summed E-state index contributed by atoms with van der Waals surface area (Å²) in [4.78, 5) is 4.12. The summed E-state index contributed by atoms with van der Waals surface area (Å²) in [5, 5.41) is 8.39. The first-order valence-electron chi connectivity index (χ1n) is 8.06. The van der Waals surface area contributed by atoms with Crippen LogP contribution in [0.5, 0.6) is 0 Å². The third kappa shape index (κ3) is 3.05. The Morgan fingerprint density at radius 2 is 1.76 bits per heavy atom. The lowest BCUT2D eigenvalue weighted by atomic mass is 9.97. The Kier molecular flexibility index (Phi) is 4.62. The van der Waals surface area contributed by atoms with E-state index in [0.29, 0.717) is 0 Å². The zero-order valence-electron chi connectivity index (χ0n) is 15.1. The third-order valence-electron chi connectivity index (χ3n) is 4.49. The fraction of sp³-hybridized carbons (Fsp3) is 0.263. The summed E-state index contributed by atoms with van der Waals surface area (Å²) >= 11 is 0. The van der Waals surface area contributed by atoms with Crippen molar-refractivity contribution >= 4 is 0 Å². The largest absolute Gasteiger partial charge is 1.00 e. The fourth-order valence-corrected chi connectivity index (χ4v) is 3.31. The maximum atomic E-state index is 13.3. The Bertz CT molecular complexity index is 879. The molecular formula is C19H20ClFN4. The predicted octanol–water partition coefficient (Wildman–Crippen LogP) is 0.706. The first-order valence-corrected chi connectivity index (χ1v) is 8.06. The van der Waals surface area contributed by atoms with Crippen molar-refractivity contribution in [2.75, 3.05) is 6.54 Å². The SMILES string of the molecule is CC1(C)CNCc2c(-c3ccncc3)c(-c3ccc(F)cc3)nn21.[Cl-].[H+]. The van der Waals surface area contributed by atoms with Crippen molar-refractivity contribution in [3.63, 3.8) is 0 Å². The minimum absolute atomic E-state index is 0. The van der Waals surface area contributed by atoms with Gasteiger partial charge in [-0.15, -0.1) is 0 Å². The highest BCUT2D eigenvalue weighted by atomic mass is 35.5. The van der Waals surface area contributed by atoms with E-state index in [1.807, 2.05) is 12.1 Å². The van der Waals surface area contributed by atoms with Crippen LogP contribution in [0, 0.1) is 5.82 Å². The van der Waals surface area contributed by atoms with E-state index in [9.17, 15) is 4.39 Å². The molecule has 1 aliphatic rings. The van der Waals surface area contributed by atoms with Gasteiger partial charge in [0.15, 0.2) is 0 Å². The number of hydrogen-bond acceptors (Lipinski definition) is 3. The number of halogens is 2. The molecule has 25 heavy (non-hydrogen) atoms. The summed E-state index contributed by atoms with van der Waals surface area (Å²) in [6.45, 7) is 5.95. The number of rotatable bonds is 2. The minimum atomic E-state index is -0.241. The molecule has 0 atom stereocenters. The summed E-state index contributed by atoms with van der Waals surface area (Å²) in [6, 6.07) is 10.5. The Hall–Kier alpha value is -2.24. The van der Waals surface area contributed by atoms with Crippen LogP contribution in [-0.4, -0.2) is 21.3 Å². The van der Waals surface area contributed by atoms with E-state index in [-0.39, 0.29) is 25.2 Å². The molecule has 0 aliphatic carbocycles. The van der Waals surface area contributed by atoms with Crippen molar-refractivity contribution in [3.05, 3.63) is 60.3 Å². The molecule has 0 radical (unpaired) electrons. The standard InChI is InChI=1S/C19H19FN4.ClH/c1-19(2)12-22-11-16-17(13-7-9-21-10-8-13)18(23-24(16)19)14-3-5-15(20)6-4-14;/h3-10,22H,11-12H2,1-2H3;1H. The molecule has 1 aliphatic heterocycles. The zero-order chi connectivity index (χ0) is 16.7. The van der Waals surface area contributed by atoms with Crippen molar-refractivity contribution < 1.29 is 18.2 Å². The van der Waals surface area contributed by atoms with Crippen LogP contribution in [0.4, 0.5) is 4.39 Å². The highest BCUT2D eigenvalue weighted by Crippen LogP contribution is 2.37. The number of nitrogens with zero attached hydrogens (tertiary/aromatic N) is 3. The topological polar surface area (TPSA) is 42.7 Å². The van der Waals surface area contributed by atoms with Crippen molar-refractivity contribution in [2.45, 2.75) is 25.9 Å². The number of nitrogens with one attached hydrogen (secondary N) is 1. The van der Waals surface area contributed by atoms with Gasteiger partial charge in [0.2, 0.25) is 0 Å². The van der Waals surface area contributed by atoms with Gasteiger partial charge in [0.05, 0.1) is 11.2 Å². The van der Waals surface area contributed by atoms with Crippen LogP contribution in [0.2, 0.25) is 0 Å². The second kappa shape index (κ2) is 6.58. The van der Waals surface area contributed by atoms with Gasteiger partial charge in [-0.1, -0.05) is 0 Å². The van der Waals surface area contributed by atoms with Crippen LogP contribution in [0.25, 0.3) is 22.4 Å². The molecule has 0 unspecified atom stereocenters. The van der Waals surface area contributed by atoms with Crippen molar-refractivity contribution in [1.82, 2.24) is 20.1 Å². The second-order valence-electron chi connectivity index (χ2n) is 6.74. The first kappa shape index (κ1) is 17.6. The van der Waals surface area contributed by atoms with E-state index in [4.69, 9.17) is 5.10 Å². The molecule has 4 nitrogen and oxygen atoms in total. The van der Waals surface area contributed by atoms with E-state index >= 15 is 0 Å². The van der Waals surface area contributed by atoms with Gasteiger partial charge >= 0.3 is 1.43 Å². The van der Waals surface area contributed by atoms with E-state index < -0.39 is 0 Å². The fourth-order valence-electron chi connectivity index (χ4n) is 3.31. The molecule has 0 bridgehead atoms. The lowest BCUT2D eigenvalue weighted by Crippen LogP contribution is -3.00. The Balaban J connectivity index is 0.00000121. The predicted molar refractivity (Wildman–Crippen MR) is 93.0 cm³/mol. The van der Waals surface area contributed by atoms with Gasteiger partial charge in [-0.05, 0) is 55.8 Å². The maximum absolute atomic E-state index is 13.3. The van der Waals surface area contributed by atoms with Crippen LogP contribution in [-0.2, 0) is 12.1 Å². The summed E-state index contributed by atoms with van der Waals surface area (Å²) in [5.41, 5.74) is 4.99. The highest BCUT2D eigenvalue weighted by Gasteiger charge is 2.32. The van der Waals surface area contributed by atoms with E-state index in [1.54, 1.807) is 24.5 Å². The van der Waals surface area contributed by atoms with Crippen molar-refractivity contribution in [2.24, 2.45) is 0 Å². The number of hydrogen-bond donors (Lipinski definition) is 1. The Labute approximate surface area is 154 Å². The molecule has 6 heteroatoms. The van der Waals surface area contributed by atoms with Crippen LogP contribution in [0.15, 0.2) is 48.8 Å². The number of pyridine rings is 1. The maximum Gasteiger partial charge on any atom is 1.00 e. The molecule has 0 spiro atoms. The van der Waals surface area contributed by atoms with Gasteiger partial charge in [0.1, 0.15) is 11.5 Å². The lowest BCUT2D eigenvalue weighted by molar-refractivity contribution is -0.00000601. The molecule has 3 heterocycles. The van der Waals surface area contributed by atoms with Gasteiger partial charge in [-0.2, -0.15) is 5.10 Å². The Morgan fingerprint density at radius 1 is 1.08 bits per heavy atom. The molecule has 0 amide bonds. The van der Waals surface area contributed by atoms with Crippen molar-refractivity contribution in [1.29, 1.82) is 0 Å².